The number of benzene rings is 3. The first kappa shape index (κ1) is 27.8. The molecule has 1 N–H and O–H groups in total. The van der Waals surface area contributed by atoms with E-state index in [4.69, 9.17) is 14.1 Å². The summed E-state index contributed by atoms with van der Waals surface area (Å²) in [7, 11) is 0. The molecular formula is C33H23FN2O6S. The van der Waals surface area contributed by atoms with Gasteiger partial charge in [-0.25, -0.2) is 19.0 Å². The second-order valence-corrected chi connectivity index (χ2v) is 10.5. The molecule has 1 atom stereocenters. The van der Waals surface area contributed by atoms with E-state index in [0.717, 1.165) is 11.3 Å². The maximum atomic E-state index is 14.0. The SMILES string of the molecule is CCOC(=O)C1=C(c2ccccc2)N=c2sc(=Cc3ccc(-c4ccccc4C(=O)O)o3)c(=O)n2[C@@H]1c1ccc(F)cc1. The number of thiazole rings is 1. The summed E-state index contributed by atoms with van der Waals surface area (Å²) in [5.74, 6) is -1.53. The Bertz CT molecular complexity index is 2070. The number of nitrogens with zero attached hydrogens (tertiary/aromatic N) is 2. The molecule has 8 nitrogen and oxygen atoms in total. The van der Waals surface area contributed by atoms with Crippen LogP contribution in [0.1, 0.15) is 40.2 Å². The minimum absolute atomic E-state index is 0.0852. The predicted molar refractivity (Wildman–Crippen MR) is 159 cm³/mol. The molecule has 214 valence electrons. The van der Waals surface area contributed by atoms with Gasteiger partial charge in [-0.15, -0.1) is 0 Å². The normalized spacial score (nSPS) is 14.7. The molecule has 0 saturated carbocycles. The molecule has 6 rings (SSSR count). The number of halogens is 1. The molecule has 0 saturated heterocycles. The highest BCUT2D eigenvalue weighted by molar-refractivity contribution is 7.07. The lowest BCUT2D eigenvalue weighted by Gasteiger charge is -2.25. The number of carboxylic acids is 1. The van der Waals surface area contributed by atoms with Crippen molar-refractivity contribution in [3.63, 3.8) is 0 Å². The second kappa shape index (κ2) is 11.5. The van der Waals surface area contributed by atoms with Crippen molar-refractivity contribution in [2.24, 2.45) is 4.99 Å². The van der Waals surface area contributed by atoms with Crippen LogP contribution in [-0.2, 0) is 9.53 Å². The molecule has 2 aromatic heterocycles. The predicted octanol–water partition coefficient (Wildman–Crippen LogP) is 5.03. The van der Waals surface area contributed by atoms with E-state index >= 15 is 0 Å². The number of furan rings is 1. The van der Waals surface area contributed by atoms with E-state index in [-0.39, 0.29) is 22.3 Å². The smallest absolute Gasteiger partial charge is 0.338 e. The zero-order chi connectivity index (χ0) is 30.1. The summed E-state index contributed by atoms with van der Waals surface area (Å²) in [5.41, 5.74) is 1.72. The fraction of sp³-hybridized carbons (Fsp3) is 0.0909. The van der Waals surface area contributed by atoms with Crippen molar-refractivity contribution < 1.29 is 28.2 Å². The Morgan fingerprint density at radius 2 is 1.74 bits per heavy atom. The number of fused-ring (bicyclic) bond motifs is 1. The lowest BCUT2D eigenvalue weighted by atomic mass is 9.93. The molecule has 1 aliphatic heterocycles. The number of hydrogen-bond acceptors (Lipinski definition) is 7. The van der Waals surface area contributed by atoms with Gasteiger partial charge in [0.15, 0.2) is 4.80 Å². The van der Waals surface area contributed by atoms with Crippen molar-refractivity contribution >= 4 is 35.0 Å². The van der Waals surface area contributed by atoms with Crippen molar-refractivity contribution in [2.45, 2.75) is 13.0 Å². The quantitative estimate of drug-likeness (QED) is 0.265. The maximum Gasteiger partial charge on any atom is 0.338 e. The van der Waals surface area contributed by atoms with Crippen LogP contribution in [0.5, 0.6) is 0 Å². The zero-order valence-corrected chi connectivity index (χ0v) is 23.5. The highest BCUT2D eigenvalue weighted by atomic mass is 32.1. The number of aromatic nitrogens is 1. The molecule has 0 amide bonds. The van der Waals surface area contributed by atoms with Crippen LogP contribution in [0.15, 0.2) is 111 Å². The van der Waals surface area contributed by atoms with Gasteiger partial charge < -0.3 is 14.3 Å². The van der Waals surface area contributed by atoms with Gasteiger partial charge in [-0.3, -0.25) is 9.36 Å². The topological polar surface area (TPSA) is 111 Å². The van der Waals surface area contributed by atoms with Gasteiger partial charge in [0.05, 0.1) is 34.0 Å². The summed E-state index contributed by atoms with van der Waals surface area (Å²) >= 11 is 1.11. The van der Waals surface area contributed by atoms with Crippen LogP contribution < -0.4 is 14.9 Å². The van der Waals surface area contributed by atoms with Crippen molar-refractivity contribution in [1.82, 2.24) is 4.57 Å². The molecule has 3 aromatic carbocycles. The minimum atomic E-state index is -1.09. The minimum Gasteiger partial charge on any atom is -0.478 e. The van der Waals surface area contributed by atoms with Gasteiger partial charge in [0.2, 0.25) is 0 Å². The van der Waals surface area contributed by atoms with Crippen LogP contribution in [0.2, 0.25) is 0 Å². The summed E-state index contributed by atoms with van der Waals surface area (Å²) in [4.78, 5) is 44.3. The molecule has 10 heteroatoms. The van der Waals surface area contributed by atoms with E-state index in [0.29, 0.717) is 38.7 Å². The molecule has 0 radical (unpaired) electrons. The number of esters is 1. The fourth-order valence-corrected chi connectivity index (χ4v) is 5.97. The molecule has 3 heterocycles. The molecule has 0 aliphatic carbocycles. The largest absolute Gasteiger partial charge is 0.478 e. The monoisotopic (exact) mass is 594 g/mol. The average Bonchev–Trinajstić information content (AvgIpc) is 3.61. The Labute approximate surface area is 248 Å². The summed E-state index contributed by atoms with van der Waals surface area (Å²) in [6.07, 6.45) is 1.55. The summed E-state index contributed by atoms with van der Waals surface area (Å²) in [6.45, 7) is 1.80. The third kappa shape index (κ3) is 5.24. The van der Waals surface area contributed by atoms with Crippen molar-refractivity contribution in [3.8, 4) is 11.3 Å². The van der Waals surface area contributed by atoms with Crippen molar-refractivity contribution in [2.75, 3.05) is 6.61 Å². The van der Waals surface area contributed by atoms with Crippen LogP contribution in [0.3, 0.4) is 0 Å². The Balaban J connectivity index is 1.55. The van der Waals surface area contributed by atoms with E-state index in [1.54, 1.807) is 43.3 Å². The first-order chi connectivity index (χ1) is 20.9. The molecule has 0 fully saturated rings. The molecule has 0 bridgehead atoms. The Morgan fingerprint density at radius 1 is 1.02 bits per heavy atom. The Hall–Kier alpha value is -5.35. The van der Waals surface area contributed by atoms with E-state index in [9.17, 15) is 23.9 Å². The molecule has 0 unspecified atom stereocenters. The lowest BCUT2D eigenvalue weighted by molar-refractivity contribution is -0.138. The van der Waals surface area contributed by atoms with E-state index in [1.807, 2.05) is 30.3 Å². The van der Waals surface area contributed by atoms with E-state index in [1.165, 1.54) is 34.9 Å². The van der Waals surface area contributed by atoms with Gasteiger partial charge in [0.1, 0.15) is 17.3 Å². The van der Waals surface area contributed by atoms with Crippen molar-refractivity contribution in [3.05, 3.63) is 145 Å². The highest BCUT2D eigenvalue weighted by Crippen LogP contribution is 2.35. The second-order valence-electron chi connectivity index (χ2n) is 9.54. The molecule has 5 aromatic rings. The number of rotatable bonds is 7. The van der Waals surface area contributed by atoms with Crippen LogP contribution in [0, 0.1) is 5.82 Å². The maximum absolute atomic E-state index is 14.0. The fourth-order valence-electron chi connectivity index (χ4n) is 4.99. The summed E-state index contributed by atoms with van der Waals surface area (Å²) < 4.78 is 27.0. The number of hydrogen-bond donors (Lipinski definition) is 1. The van der Waals surface area contributed by atoms with Gasteiger partial charge in [-0.1, -0.05) is 72.0 Å². The summed E-state index contributed by atoms with van der Waals surface area (Å²) in [6, 6.07) is 23.5. The number of carbonyl (C=O) groups is 2. The van der Waals surface area contributed by atoms with Crippen LogP contribution in [-0.4, -0.2) is 28.2 Å². The van der Waals surface area contributed by atoms with Crippen LogP contribution >= 0.6 is 11.3 Å². The van der Waals surface area contributed by atoms with Gasteiger partial charge in [-0.05, 0) is 42.8 Å². The Morgan fingerprint density at radius 3 is 2.47 bits per heavy atom. The standard InChI is InChI=1S/C33H23FN2O6S/c1-2-41-32(40)27-28(19-8-4-3-5-9-19)35-33-36(29(27)20-12-14-21(34)15-13-20)30(37)26(43-33)18-22-16-17-25(42-22)23-10-6-7-11-24(23)31(38)39/h3-18,29H,2H2,1H3,(H,38,39)/t29-/m1/s1. The van der Waals surface area contributed by atoms with Gasteiger partial charge in [0, 0.05) is 17.2 Å². The van der Waals surface area contributed by atoms with Gasteiger partial charge >= 0.3 is 11.9 Å². The molecule has 0 spiro atoms. The lowest BCUT2D eigenvalue weighted by Crippen LogP contribution is -2.40. The first-order valence-electron chi connectivity index (χ1n) is 13.3. The number of carboxylic acid groups (broad SMARTS) is 1. The molecular weight excluding hydrogens is 571 g/mol. The highest BCUT2D eigenvalue weighted by Gasteiger charge is 2.35. The van der Waals surface area contributed by atoms with E-state index in [2.05, 4.69) is 0 Å². The third-order valence-electron chi connectivity index (χ3n) is 6.88. The van der Waals surface area contributed by atoms with Crippen LogP contribution in [0.25, 0.3) is 23.1 Å². The van der Waals surface area contributed by atoms with Gasteiger partial charge in [-0.2, -0.15) is 0 Å². The van der Waals surface area contributed by atoms with Crippen molar-refractivity contribution in [1.29, 1.82) is 0 Å². The van der Waals surface area contributed by atoms with E-state index < -0.39 is 29.4 Å². The average molecular weight is 595 g/mol. The summed E-state index contributed by atoms with van der Waals surface area (Å²) in [5, 5.41) is 9.57. The molecule has 1 aliphatic rings. The first-order valence-corrected chi connectivity index (χ1v) is 14.1. The Kier molecular flexibility index (Phi) is 7.43. The molecule has 43 heavy (non-hydrogen) atoms. The van der Waals surface area contributed by atoms with Gasteiger partial charge in [0.25, 0.3) is 5.56 Å². The number of aromatic carboxylic acids is 1. The number of carbonyl (C=O) groups excluding carboxylic acids is 1. The number of ether oxygens (including phenoxy) is 1. The zero-order valence-electron chi connectivity index (χ0n) is 22.7. The van der Waals surface area contributed by atoms with Crippen LogP contribution in [0.4, 0.5) is 4.39 Å². The third-order valence-corrected chi connectivity index (χ3v) is 7.87.